The van der Waals surface area contributed by atoms with Crippen LogP contribution in [0.25, 0.3) is 0 Å². The second-order valence-electron chi connectivity index (χ2n) is 3.65. The molecule has 1 aliphatic rings. The fourth-order valence-electron chi connectivity index (χ4n) is 1.70. The summed E-state index contributed by atoms with van der Waals surface area (Å²) in [4.78, 5) is 24.2. The lowest BCUT2D eigenvalue weighted by molar-refractivity contribution is 0.1000. The van der Waals surface area contributed by atoms with Crippen molar-refractivity contribution in [3.8, 4) is 0 Å². The summed E-state index contributed by atoms with van der Waals surface area (Å²) in [5.74, 6) is -0.487. The van der Waals surface area contributed by atoms with Crippen molar-refractivity contribution in [3.05, 3.63) is 29.8 Å². The molecular weight excluding hydrogens is 206 g/mol. The number of nitrogens with one attached hydrogen (secondary N) is 1. The number of hydrogen-bond donors (Lipinski definition) is 2. The van der Waals surface area contributed by atoms with E-state index < -0.39 is 5.91 Å². The third-order valence-electron chi connectivity index (χ3n) is 2.52. The molecule has 0 aliphatic carbocycles. The number of anilines is 1. The summed E-state index contributed by atoms with van der Waals surface area (Å²) in [6, 6.07) is 6.64. The summed E-state index contributed by atoms with van der Waals surface area (Å²) in [6.45, 7) is 1.36. The third-order valence-corrected chi connectivity index (χ3v) is 2.52. The van der Waals surface area contributed by atoms with Gasteiger partial charge in [0.15, 0.2) is 0 Å². The Morgan fingerprint density at radius 3 is 2.94 bits per heavy atom. The normalized spacial score (nSPS) is 15.8. The van der Waals surface area contributed by atoms with Gasteiger partial charge < -0.3 is 11.1 Å². The number of primary amides is 1. The highest BCUT2D eigenvalue weighted by Crippen LogP contribution is 2.18. The lowest BCUT2D eigenvalue weighted by Gasteiger charge is -2.27. The van der Waals surface area contributed by atoms with E-state index in [2.05, 4.69) is 5.32 Å². The molecule has 3 amide bonds. The van der Waals surface area contributed by atoms with Crippen LogP contribution < -0.4 is 16.0 Å². The summed E-state index contributed by atoms with van der Waals surface area (Å²) in [5.41, 5.74) is 6.30. The van der Waals surface area contributed by atoms with Crippen LogP contribution in [0, 0.1) is 0 Å². The number of carbonyl (C=O) groups excluding carboxylic acids is 2. The van der Waals surface area contributed by atoms with Gasteiger partial charge >= 0.3 is 6.03 Å². The predicted octanol–water partition coefficient (Wildman–Crippen LogP) is 0.705. The third kappa shape index (κ3) is 1.98. The molecule has 5 nitrogen and oxygen atoms in total. The summed E-state index contributed by atoms with van der Waals surface area (Å²) < 4.78 is 0. The first-order valence-corrected chi connectivity index (χ1v) is 5.14. The summed E-state index contributed by atoms with van der Waals surface area (Å²) in [5, 5.41) is 2.75. The molecule has 1 aliphatic heterocycles. The van der Waals surface area contributed by atoms with Crippen molar-refractivity contribution < 1.29 is 9.59 Å². The van der Waals surface area contributed by atoms with E-state index in [1.165, 1.54) is 0 Å². The molecule has 0 saturated carbocycles. The quantitative estimate of drug-likeness (QED) is 0.768. The molecule has 0 aromatic heterocycles. The second-order valence-corrected chi connectivity index (χ2v) is 3.65. The van der Waals surface area contributed by atoms with Gasteiger partial charge in [-0.3, -0.25) is 9.69 Å². The average Bonchev–Trinajstić information content (AvgIpc) is 2.30. The average molecular weight is 219 g/mol. The highest BCUT2D eigenvalue weighted by atomic mass is 16.2. The van der Waals surface area contributed by atoms with Gasteiger partial charge in [0.25, 0.3) is 0 Å². The van der Waals surface area contributed by atoms with Crippen LogP contribution >= 0.6 is 0 Å². The minimum atomic E-state index is -0.487. The van der Waals surface area contributed by atoms with Gasteiger partial charge in [0.1, 0.15) is 0 Å². The maximum Gasteiger partial charge on any atom is 0.321 e. The first kappa shape index (κ1) is 10.5. The first-order valence-electron chi connectivity index (χ1n) is 5.14. The first-order chi connectivity index (χ1) is 7.68. The van der Waals surface area contributed by atoms with Gasteiger partial charge in [-0.25, -0.2) is 4.79 Å². The van der Waals surface area contributed by atoms with E-state index in [0.717, 1.165) is 6.42 Å². The van der Waals surface area contributed by atoms with Crippen molar-refractivity contribution in [1.29, 1.82) is 0 Å². The van der Waals surface area contributed by atoms with Crippen LogP contribution in [-0.4, -0.2) is 25.0 Å². The van der Waals surface area contributed by atoms with E-state index in [9.17, 15) is 9.59 Å². The van der Waals surface area contributed by atoms with E-state index in [0.29, 0.717) is 24.3 Å². The van der Waals surface area contributed by atoms with E-state index >= 15 is 0 Å². The van der Waals surface area contributed by atoms with Gasteiger partial charge in [0, 0.05) is 24.3 Å². The van der Waals surface area contributed by atoms with Crippen molar-refractivity contribution in [1.82, 2.24) is 5.32 Å². The fourth-order valence-corrected chi connectivity index (χ4v) is 1.70. The Balaban J connectivity index is 2.28. The van der Waals surface area contributed by atoms with Crippen LogP contribution in [0.5, 0.6) is 0 Å². The minimum absolute atomic E-state index is 0.132. The monoisotopic (exact) mass is 219 g/mol. The molecule has 0 radical (unpaired) electrons. The molecule has 0 unspecified atom stereocenters. The van der Waals surface area contributed by atoms with Gasteiger partial charge in [-0.15, -0.1) is 0 Å². The standard InChI is InChI=1S/C11H13N3O2/c12-10(15)8-3-1-4-9(7-8)14-6-2-5-13-11(14)16/h1,3-4,7H,2,5-6H2,(H2,12,15)(H,13,16). The Morgan fingerprint density at radius 2 is 2.25 bits per heavy atom. The molecule has 16 heavy (non-hydrogen) atoms. The molecule has 84 valence electrons. The molecule has 1 aromatic rings. The largest absolute Gasteiger partial charge is 0.366 e. The number of nitrogens with zero attached hydrogens (tertiary/aromatic N) is 1. The highest BCUT2D eigenvalue weighted by molar-refractivity contribution is 5.97. The Hall–Kier alpha value is -2.04. The Morgan fingerprint density at radius 1 is 1.44 bits per heavy atom. The number of amides is 3. The fraction of sp³-hybridized carbons (Fsp3) is 0.273. The molecule has 3 N–H and O–H groups in total. The lowest BCUT2D eigenvalue weighted by Crippen LogP contribution is -2.46. The van der Waals surface area contributed by atoms with Crippen molar-refractivity contribution in [2.24, 2.45) is 5.73 Å². The molecule has 1 saturated heterocycles. The zero-order chi connectivity index (χ0) is 11.5. The molecule has 1 heterocycles. The Bertz CT molecular complexity index is 431. The number of hydrogen-bond acceptors (Lipinski definition) is 2. The second kappa shape index (κ2) is 4.22. The number of benzene rings is 1. The van der Waals surface area contributed by atoms with Crippen molar-refractivity contribution in [3.63, 3.8) is 0 Å². The van der Waals surface area contributed by atoms with Crippen LogP contribution in [-0.2, 0) is 0 Å². The maximum atomic E-state index is 11.6. The van der Waals surface area contributed by atoms with Crippen LogP contribution in [0.15, 0.2) is 24.3 Å². The Kier molecular flexibility index (Phi) is 2.76. The molecule has 0 spiro atoms. The molecular formula is C11H13N3O2. The van der Waals surface area contributed by atoms with Crippen molar-refractivity contribution in [2.45, 2.75) is 6.42 Å². The molecule has 1 fully saturated rings. The van der Waals surface area contributed by atoms with Gasteiger partial charge in [-0.05, 0) is 24.6 Å². The summed E-state index contributed by atoms with van der Waals surface area (Å²) in [7, 11) is 0. The topological polar surface area (TPSA) is 75.4 Å². The van der Waals surface area contributed by atoms with E-state index in [1.807, 2.05) is 0 Å². The number of nitrogens with two attached hydrogens (primary N) is 1. The van der Waals surface area contributed by atoms with E-state index in [1.54, 1.807) is 29.2 Å². The lowest BCUT2D eigenvalue weighted by atomic mass is 10.1. The van der Waals surface area contributed by atoms with Gasteiger partial charge in [0.05, 0.1) is 0 Å². The number of rotatable bonds is 2. The van der Waals surface area contributed by atoms with E-state index in [-0.39, 0.29) is 6.03 Å². The van der Waals surface area contributed by atoms with Gasteiger partial charge in [-0.1, -0.05) is 6.07 Å². The van der Waals surface area contributed by atoms with Crippen LogP contribution in [0.2, 0.25) is 0 Å². The number of carbonyl (C=O) groups is 2. The van der Waals surface area contributed by atoms with Crippen LogP contribution in [0.3, 0.4) is 0 Å². The zero-order valence-electron chi connectivity index (χ0n) is 8.77. The molecule has 0 bridgehead atoms. The molecule has 0 atom stereocenters. The summed E-state index contributed by atoms with van der Waals surface area (Å²) >= 11 is 0. The zero-order valence-corrected chi connectivity index (χ0v) is 8.77. The highest BCUT2D eigenvalue weighted by Gasteiger charge is 2.19. The summed E-state index contributed by atoms with van der Waals surface area (Å²) in [6.07, 6.45) is 0.895. The Labute approximate surface area is 93.2 Å². The molecule has 1 aromatic carbocycles. The maximum absolute atomic E-state index is 11.6. The van der Waals surface area contributed by atoms with Crippen molar-refractivity contribution >= 4 is 17.6 Å². The predicted molar refractivity (Wildman–Crippen MR) is 60.3 cm³/mol. The molecule has 5 heteroatoms. The van der Waals surface area contributed by atoms with Gasteiger partial charge in [-0.2, -0.15) is 0 Å². The number of urea groups is 1. The smallest absolute Gasteiger partial charge is 0.321 e. The van der Waals surface area contributed by atoms with Gasteiger partial charge in [0.2, 0.25) is 5.91 Å². The molecule has 2 rings (SSSR count). The van der Waals surface area contributed by atoms with E-state index in [4.69, 9.17) is 5.73 Å². The minimum Gasteiger partial charge on any atom is -0.366 e. The van der Waals surface area contributed by atoms with Crippen molar-refractivity contribution in [2.75, 3.05) is 18.0 Å². The SMILES string of the molecule is NC(=O)c1cccc(N2CCCNC2=O)c1. The van der Waals surface area contributed by atoms with Crippen LogP contribution in [0.1, 0.15) is 16.8 Å². The van der Waals surface area contributed by atoms with Crippen LogP contribution in [0.4, 0.5) is 10.5 Å².